The lowest BCUT2D eigenvalue weighted by atomic mass is 10.1. The van der Waals surface area contributed by atoms with Crippen LogP contribution < -0.4 is 5.32 Å². The van der Waals surface area contributed by atoms with E-state index in [0.717, 1.165) is 24.4 Å². The third-order valence-corrected chi connectivity index (χ3v) is 4.08. The van der Waals surface area contributed by atoms with Crippen molar-refractivity contribution in [2.24, 2.45) is 5.92 Å². The molecule has 0 bridgehead atoms. The molecule has 3 aromatic rings. The third-order valence-electron chi connectivity index (χ3n) is 3.41. The molecule has 1 amide bonds. The fourth-order valence-corrected chi connectivity index (χ4v) is 2.85. The van der Waals surface area contributed by atoms with Crippen molar-refractivity contribution < 1.29 is 4.79 Å². The topological polar surface area (TPSA) is 101 Å². The lowest BCUT2D eigenvalue weighted by Crippen LogP contribution is -2.12. The van der Waals surface area contributed by atoms with Crippen molar-refractivity contribution >= 4 is 22.6 Å². The first-order valence-electron chi connectivity index (χ1n) is 7.77. The minimum Gasteiger partial charge on any atom is -0.296 e. The number of hydrogen-bond acceptors (Lipinski definition) is 6. The Balaban J connectivity index is 1.76. The predicted octanol–water partition coefficient (Wildman–Crippen LogP) is 2.60. The normalized spacial score (nSPS) is 11.2. The van der Waals surface area contributed by atoms with Crippen LogP contribution in [0, 0.1) is 5.92 Å². The van der Waals surface area contributed by atoms with Crippen LogP contribution in [0.2, 0.25) is 0 Å². The number of aromatic nitrogens is 6. The summed E-state index contributed by atoms with van der Waals surface area (Å²) in [6.07, 6.45) is 5.87. The van der Waals surface area contributed by atoms with Gasteiger partial charge < -0.3 is 0 Å². The highest BCUT2D eigenvalue weighted by Crippen LogP contribution is 2.22. The van der Waals surface area contributed by atoms with Crippen LogP contribution in [-0.4, -0.2) is 35.2 Å². The van der Waals surface area contributed by atoms with Gasteiger partial charge in [-0.15, -0.1) is 0 Å². The number of anilines is 1. The van der Waals surface area contributed by atoms with Crippen molar-refractivity contribution in [3.8, 4) is 11.3 Å². The summed E-state index contributed by atoms with van der Waals surface area (Å²) in [6, 6.07) is 0. The Morgan fingerprint density at radius 1 is 1.42 bits per heavy atom. The standard InChI is InChI=1S/C15H19N7OS/c1-4-22-8-10(6-17-22)13-11(7-16-20-13)14(23)19-15-18-12(21-24-15)5-9(2)3/h6-9H,4-5H2,1-3H3,(H,16,20)(H,18,19,21,23). The van der Waals surface area contributed by atoms with E-state index in [0.29, 0.717) is 22.3 Å². The van der Waals surface area contributed by atoms with Crippen LogP contribution in [0.25, 0.3) is 11.3 Å². The maximum atomic E-state index is 12.5. The zero-order valence-electron chi connectivity index (χ0n) is 13.8. The van der Waals surface area contributed by atoms with E-state index in [1.54, 1.807) is 10.9 Å². The summed E-state index contributed by atoms with van der Waals surface area (Å²) in [5.74, 6) is 0.955. The Kier molecular flexibility index (Phi) is 4.70. The Bertz CT molecular complexity index is 832. The highest BCUT2D eigenvalue weighted by atomic mass is 32.1. The number of aryl methyl sites for hydroxylation is 1. The minimum atomic E-state index is -0.268. The first-order chi connectivity index (χ1) is 11.6. The lowest BCUT2D eigenvalue weighted by molar-refractivity contribution is 0.102. The molecule has 0 atom stereocenters. The van der Waals surface area contributed by atoms with Crippen molar-refractivity contribution in [3.63, 3.8) is 0 Å². The van der Waals surface area contributed by atoms with Gasteiger partial charge in [-0.2, -0.15) is 14.6 Å². The zero-order chi connectivity index (χ0) is 17.1. The average molecular weight is 345 g/mol. The molecule has 0 unspecified atom stereocenters. The summed E-state index contributed by atoms with van der Waals surface area (Å²) < 4.78 is 6.06. The molecule has 0 radical (unpaired) electrons. The van der Waals surface area contributed by atoms with E-state index in [2.05, 4.69) is 43.8 Å². The van der Waals surface area contributed by atoms with Crippen LogP contribution in [-0.2, 0) is 13.0 Å². The van der Waals surface area contributed by atoms with Gasteiger partial charge in [0.2, 0.25) is 5.13 Å². The van der Waals surface area contributed by atoms with E-state index < -0.39 is 0 Å². The zero-order valence-corrected chi connectivity index (χ0v) is 14.6. The molecule has 0 fully saturated rings. The molecule has 0 aliphatic heterocycles. The van der Waals surface area contributed by atoms with Gasteiger partial charge in [0.15, 0.2) is 0 Å². The van der Waals surface area contributed by atoms with Gasteiger partial charge in [0.25, 0.3) is 5.91 Å². The summed E-state index contributed by atoms with van der Waals surface area (Å²) in [6.45, 7) is 6.97. The quantitative estimate of drug-likeness (QED) is 0.715. The van der Waals surface area contributed by atoms with Gasteiger partial charge >= 0.3 is 0 Å². The molecular formula is C15H19N7OS. The lowest BCUT2D eigenvalue weighted by Gasteiger charge is -2.01. The van der Waals surface area contributed by atoms with Gasteiger partial charge in [-0.05, 0) is 12.8 Å². The van der Waals surface area contributed by atoms with Crippen LogP contribution in [0.3, 0.4) is 0 Å². The van der Waals surface area contributed by atoms with Crippen LogP contribution in [0.15, 0.2) is 18.6 Å². The number of hydrogen-bond donors (Lipinski definition) is 2. The number of nitrogens with zero attached hydrogens (tertiary/aromatic N) is 5. The molecule has 3 aromatic heterocycles. The first kappa shape index (κ1) is 16.3. The van der Waals surface area contributed by atoms with E-state index in [1.165, 1.54) is 17.7 Å². The number of H-pyrrole nitrogens is 1. The number of carbonyl (C=O) groups excluding carboxylic acids is 1. The van der Waals surface area contributed by atoms with E-state index in [1.807, 2.05) is 13.1 Å². The van der Waals surface area contributed by atoms with Gasteiger partial charge in [0.1, 0.15) is 5.82 Å². The van der Waals surface area contributed by atoms with Gasteiger partial charge in [0, 0.05) is 36.3 Å². The average Bonchev–Trinajstić information content (AvgIpc) is 3.26. The fourth-order valence-electron chi connectivity index (χ4n) is 2.26. The van der Waals surface area contributed by atoms with Gasteiger partial charge in [-0.1, -0.05) is 13.8 Å². The Hall–Kier alpha value is -2.55. The van der Waals surface area contributed by atoms with Crippen LogP contribution >= 0.6 is 11.5 Å². The molecule has 8 nitrogen and oxygen atoms in total. The van der Waals surface area contributed by atoms with Crippen LogP contribution in [0.4, 0.5) is 5.13 Å². The molecule has 9 heteroatoms. The molecular weight excluding hydrogens is 326 g/mol. The van der Waals surface area contributed by atoms with E-state index in [-0.39, 0.29) is 5.91 Å². The van der Waals surface area contributed by atoms with Gasteiger partial charge in [-0.25, -0.2) is 4.98 Å². The SMILES string of the molecule is CCn1cc(-c2[nH]ncc2C(=O)Nc2nc(CC(C)C)ns2)cn1. The molecule has 3 rings (SSSR count). The van der Waals surface area contributed by atoms with Crippen molar-refractivity contribution in [3.05, 3.63) is 30.0 Å². The molecule has 126 valence electrons. The van der Waals surface area contributed by atoms with Crippen molar-refractivity contribution in [1.29, 1.82) is 0 Å². The first-order valence-corrected chi connectivity index (χ1v) is 8.54. The molecule has 0 aliphatic rings. The number of nitrogens with one attached hydrogen (secondary N) is 2. The maximum Gasteiger partial charge on any atom is 0.261 e. The summed E-state index contributed by atoms with van der Waals surface area (Å²) in [5, 5.41) is 14.3. The Morgan fingerprint density at radius 3 is 2.96 bits per heavy atom. The molecule has 2 N–H and O–H groups in total. The number of rotatable bonds is 6. The second-order valence-electron chi connectivity index (χ2n) is 5.81. The molecule has 0 aliphatic carbocycles. The highest BCUT2D eigenvalue weighted by molar-refractivity contribution is 7.09. The summed E-state index contributed by atoms with van der Waals surface area (Å²) >= 11 is 1.19. The Labute approximate surface area is 143 Å². The van der Waals surface area contributed by atoms with Crippen molar-refractivity contribution in [2.75, 3.05) is 5.32 Å². The van der Waals surface area contributed by atoms with E-state index >= 15 is 0 Å². The monoisotopic (exact) mass is 345 g/mol. The largest absolute Gasteiger partial charge is 0.296 e. The second kappa shape index (κ2) is 6.91. The molecule has 24 heavy (non-hydrogen) atoms. The summed E-state index contributed by atoms with van der Waals surface area (Å²) in [5.41, 5.74) is 1.91. The number of aromatic amines is 1. The summed E-state index contributed by atoms with van der Waals surface area (Å²) in [7, 11) is 0. The smallest absolute Gasteiger partial charge is 0.261 e. The van der Waals surface area contributed by atoms with Gasteiger partial charge in [-0.3, -0.25) is 19.9 Å². The van der Waals surface area contributed by atoms with Crippen LogP contribution in [0.5, 0.6) is 0 Å². The van der Waals surface area contributed by atoms with Crippen LogP contribution in [0.1, 0.15) is 37.0 Å². The molecule has 0 spiro atoms. The van der Waals surface area contributed by atoms with Crippen molar-refractivity contribution in [1.82, 2.24) is 29.3 Å². The van der Waals surface area contributed by atoms with E-state index in [4.69, 9.17) is 0 Å². The third kappa shape index (κ3) is 3.51. The summed E-state index contributed by atoms with van der Waals surface area (Å²) in [4.78, 5) is 16.9. The Morgan fingerprint density at radius 2 is 2.25 bits per heavy atom. The second-order valence-corrected chi connectivity index (χ2v) is 6.56. The maximum absolute atomic E-state index is 12.5. The van der Waals surface area contributed by atoms with Crippen molar-refractivity contribution in [2.45, 2.75) is 33.7 Å². The molecule has 3 heterocycles. The van der Waals surface area contributed by atoms with Gasteiger partial charge in [0.05, 0.1) is 23.7 Å². The highest BCUT2D eigenvalue weighted by Gasteiger charge is 2.18. The van der Waals surface area contributed by atoms with E-state index in [9.17, 15) is 4.79 Å². The molecule has 0 saturated carbocycles. The number of amides is 1. The predicted molar refractivity (Wildman–Crippen MR) is 91.9 cm³/mol. The molecule has 0 aromatic carbocycles. The fraction of sp³-hybridized carbons (Fsp3) is 0.400. The number of carbonyl (C=O) groups is 1. The molecule has 0 saturated heterocycles. The minimum absolute atomic E-state index is 0.268.